The molecule has 124 valence electrons. The molecule has 3 rings (SSSR count). The summed E-state index contributed by atoms with van der Waals surface area (Å²) >= 11 is 0. The molecule has 3 N–H and O–H groups in total. The summed E-state index contributed by atoms with van der Waals surface area (Å²) in [6.07, 6.45) is 4.18. The van der Waals surface area contributed by atoms with E-state index in [2.05, 4.69) is 54.9 Å². The topological polar surface area (TPSA) is 67.7 Å². The molecule has 1 aliphatic rings. The summed E-state index contributed by atoms with van der Waals surface area (Å²) in [5.74, 6) is 0.399. The smallest absolute Gasteiger partial charge is 0.271 e. The number of aromatic amines is 3. The Morgan fingerprint density at radius 3 is 2.48 bits per heavy atom. The third kappa shape index (κ3) is 3.06. The van der Waals surface area contributed by atoms with Crippen molar-refractivity contribution in [3.05, 3.63) is 43.4 Å². The Kier molecular flexibility index (Phi) is 4.06. The molecule has 23 heavy (non-hydrogen) atoms. The fourth-order valence-electron chi connectivity index (χ4n) is 3.24. The third-order valence-electron chi connectivity index (χ3n) is 4.40. The van der Waals surface area contributed by atoms with E-state index in [9.17, 15) is 4.79 Å². The Morgan fingerprint density at radius 1 is 1.22 bits per heavy atom. The van der Waals surface area contributed by atoms with Gasteiger partial charge in [-0.1, -0.05) is 13.8 Å². The Bertz CT molecular complexity index is 887. The van der Waals surface area contributed by atoms with E-state index in [0.29, 0.717) is 5.92 Å². The average molecular weight is 314 g/mol. The molecule has 0 spiro atoms. The van der Waals surface area contributed by atoms with Crippen LogP contribution in [0.4, 0.5) is 0 Å². The first-order chi connectivity index (χ1) is 10.9. The number of aromatic nitrogens is 3. The first-order valence-electron chi connectivity index (χ1n) is 8.25. The lowest BCUT2D eigenvalue weighted by molar-refractivity contribution is 0.399. The number of H-pyrrole nitrogens is 3. The molecule has 2 heterocycles. The summed E-state index contributed by atoms with van der Waals surface area (Å²) < 4.78 is 0. The van der Waals surface area contributed by atoms with Gasteiger partial charge in [0, 0.05) is 17.9 Å². The van der Waals surface area contributed by atoms with Gasteiger partial charge in [-0.3, -0.25) is 15.0 Å². The number of nitrogens with one attached hydrogen (secondary N) is 3. The second-order valence-corrected chi connectivity index (χ2v) is 7.06. The molecule has 0 bridgehead atoms. The van der Waals surface area contributed by atoms with Crippen molar-refractivity contribution in [2.24, 2.45) is 0 Å². The summed E-state index contributed by atoms with van der Waals surface area (Å²) in [6, 6.07) is 0. The monoisotopic (exact) mass is 314 g/mol. The molecule has 0 aliphatic heterocycles. The second kappa shape index (κ2) is 5.89. The van der Waals surface area contributed by atoms with E-state index in [1.54, 1.807) is 0 Å². The summed E-state index contributed by atoms with van der Waals surface area (Å²) in [6.45, 7) is 7.42. The molecule has 1 fully saturated rings. The van der Waals surface area contributed by atoms with Crippen molar-refractivity contribution in [2.45, 2.75) is 46.1 Å². The van der Waals surface area contributed by atoms with Gasteiger partial charge in [0.05, 0.1) is 10.6 Å². The molecule has 0 saturated heterocycles. The minimum Gasteiger partial charge on any atom is -0.359 e. The predicted octanol–water partition coefficient (Wildman–Crippen LogP) is 1.30. The maximum Gasteiger partial charge on any atom is 0.271 e. The Morgan fingerprint density at radius 2 is 1.91 bits per heavy atom. The summed E-state index contributed by atoms with van der Waals surface area (Å²) in [7, 11) is 4.16. The standard InChI is InChI=1S/C18H26N4O/c1-10(2)16-14(9-22(4)5)11(3)19-15(16)8-13-17(12-6-7-12)20-21-18(13)23/h8,10,19-20H,6-7,9H2,1-5H3,(H,21,23). The zero-order valence-corrected chi connectivity index (χ0v) is 14.6. The van der Waals surface area contributed by atoms with E-state index < -0.39 is 0 Å². The molecule has 2 aromatic heterocycles. The van der Waals surface area contributed by atoms with Crippen LogP contribution in [0.2, 0.25) is 0 Å². The molecule has 5 nitrogen and oxygen atoms in total. The lowest BCUT2D eigenvalue weighted by Crippen LogP contribution is -2.33. The van der Waals surface area contributed by atoms with Crippen LogP contribution in [0.25, 0.3) is 11.6 Å². The molecule has 0 radical (unpaired) electrons. The number of rotatable bonds is 4. The van der Waals surface area contributed by atoms with Crippen molar-refractivity contribution in [3.63, 3.8) is 0 Å². The maximum atomic E-state index is 12.2. The van der Waals surface area contributed by atoms with Crippen LogP contribution >= 0.6 is 0 Å². The van der Waals surface area contributed by atoms with Gasteiger partial charge in [-0.2, -0.15) is 0 Å². The van der Waals surface area contributed by atoms with Crippen LogP contribution in [-0.4, -0.2) is 34.2 Å². The average Bonchev–Trinajstić information content (AvgIpc) is 3.16. The Hall–Kier alpha value is -2.01. The number of hydrogen-bond donors (Lipinski definition) is 3. The molecule has 2 aromatic rings. The number of nitrogens with zero attached hydrogens (tertiary/aromatic N) is 1. The van der Waals surface area contributed by atoms with Crippen LogP contribution in [0.15, 0.2) is 4.79 Å². The molecule has 0 aromatic carbocycles. The zero-order chi connectivity index (χ0) is 16.7. The minimum absolute atomic E-state index is 0.0458. The number of hydrogen-bond acceptors (Lipinski definition) is 2. The van der Waals surface area contributed by atoms with E-state index in [1.165, 1.54) is 22.4 Å². The third-order valence-corrected chi connectivity index (χ3v) is 4.40. The largest absolute Gasteiger partial charge is 0.359 e. The van der Waals surface area contributed by atoms with Gasteiger partial charge in [0.15, 0.2) is 0 Å². The summed E-state index contributed by atoms with van der Waals surface area (Å²) in [5, 5.41) is 7.48. The molecular formula is C18H26N4O. The van der Waals surface area contributed by atoms with Gasteiger partial charge in [0.2, 0.25) is 0 Å². The quantitative estimate of drug-likeness (QED) is 0.796. The van der Waals surface area contributed by atoms with Crippen molar-refractivity contribution >= 4 is 11.6 Å². The lowest BCUT2D eigenvalue weighted by atomic mass is 9.97. The highest BCUT2D eigenvalue weighted by Crippen LogP contribution is 2.28. The van der Waals surface area contributed by atoms with E-state index in [0.717, 1.165) is 35.6 Å². The highest BCUT2D eigenvalue weighted by atomic mass is 16.1. The van der Waals surface area contributed by atoms with Crippen molar-refractivity contribution < 1.29 is 0 Å². The summed E-state index contributed by atoms with van der Waals surface area (Å²) in [5.41, 5.74) is 6.17. The Balaban J connectivity index is 2.23. The van der Waals surface area contributed by atoms with Crippen molar-refractivity contribution in [1.29, 1.82) is 0 Å². The van der Waals surface area contributed by atoms with E-state index in [1.807, 2.05) is 6.08 Å². The predicted molar refractivity (Wildman–Crippen MR) is 93.9 cm³/mol. The Labute approximate surface area is 136 Å². The zero-order valence-electron chi connectivity index (χ0n) is 14.6. The van der Waals surface area contributed by atoms with Gasteiger partial charge in [0.25, 0.3) is 5.56 Å². The van der Waals surface area contributed by atoms with Crippen LogP contribution < -0.4 is 16.1 Å². The van der Waals surface area contributed by atoms with Gasteiger partial charge in [-0.25, -0.2) is 0 Å². The molecule has 5 heteroatoms. The molecule has 1 aliphatic carbocycles. The molecule has 0 atom stereocenters. The molecule has 0 amide bonds. The van der Waals surface area contributed by atoms with E-state index in [4.69, 9.17) is 0 Å². The van der Waals surface area contributed by atoms with Crippen LogP contribution in [0.3, 0.4) is 0 Å². The van der Waals surface area contributed by atoms with Gasteiger partial charge >= 0.3 is 0 Å². The van der Waals surface area contributed by atoms with Gasteiger partial charge in [0.1, 0.15) is 0 Å². The van der Waals surface area contributed by atoms with Crippen molar-refractivity contribution in [1.82, 2.24) is 20.1 Å². The highest BCUT2D eigenvalue weighted by molar-refractivity contribution is 5.60. The van der Waals surface area contributed by atoms with Crippen molar-refractivity contribution in [3.8, 4) is 0 Å². The second-order valence-electron chi connectivity index (χ2n) is 7.06. The van der Waals surface area contributed by atoms with Gasteiger partial charge < -0.3 is 9.88 Å². The SMILES string of the molecule is Cc1[nH]c(C=c2c(=O)[nH][nH]c2=C2CC2)c(C(C)C)c1CN(C)C. The van der Waals surface area contributed by atoms with Crippen LogP contribution in [0, 0.1) is 6.92 Å². The summed E-state index contributed by atoms with van der Waals surface area (Å²) in [4.78, 5) is 17.8. The van der Waals surface area contributed by atoms with E-state index >= 15 is 0 Å². The van der Waals surface area contributed by atoms with Crippen molar-refractivity contribution in [2.75, 3.05) is 14.1 Å². The first kappa shape index (κ1) is 15.9. The van der Waals surface area contributed by atoms with Crippen LogP contribution in [0.5, 0.6) is 0 Å². The fourth-order valence-corrected chi connectivity index (χ4v) is 3.24. The molecule has 1 saturated carbocycles. The normalized spacial score (nSPS) is 15.3. The molecular weight excluding hydrogens is 288 g/mol. The number of aryl methyl sites for hydroxylation is 1. The van der Waals surface area contributed by atoms with Crippen LogP contribution in [0.1, 0.15) is 55.1 Å². The highest BCUT2D eigenvalue weighted by Gasteiger charge is 2.18. The molecule has 0 unspecified atom stereocenters. The minimum atomic E-state index is -0.0458. The first-order valence-corrected chi connectivity index (χ1v) is 8.25. The van der Waals surface area contributed by atoms with Gasteiger partial charge in [-0.05, 0) is 62.6 Å². The van der Waals surface area contributed by atoms with E-state index in [-0.39, 0.29) is 5.56 Å². The lowest BCUT2D eigenvalue weighted by Gasteiger charge is -2.14. The fraction of sp³-hybridized carbons (Fsp3) is 0.500. The maximum absolute atomic E-state index is 12.2. The van der Waals surface area contributed by atoms with Gasteiger partial charge in [-0.15, -0.1) is 0 Å². The van der Waals surface area contributed by atoms with Crippen LogP contribution in [-0.2, 0) is 6.54 Å².